The van der Waals surface area contributed by atoms with Crippen molar-refractivity contribution in [3.8, 4) is 0 Å². The summed E-state index contributed by atoms with van der Waals surface area (Å²) in [5.41, 5.74) is -0.383. The van der Waals surface area contributed by atoms with E-state index in [4.69, 9.17) is 9.31 Å². The second-order valence-corrected chi connectivity index (χ2v) is 11.9. The van der Waals surface area contributed by atoms with E-state index in [1.807, 2.05) is 0 Å². The Morgan fingerprint density at radius 2 is 0.833 bits per heavy atom. The summed E-state index contributed by atoms with van der Waals surface area (Å²) in [7, 11) is 0.00468. The smallest absolute Gasteiger partial charge is 0.403 e. The van der Waals surface area contributed by atoms with E-state index in [1.165, 1.54) is 116 Å². The Labute approximate surface area is 188 Å². The molecule has 1 aliphatic heterocycles. The summed E-state index contributed by atoms with van der Waals surface area (Å²) >= 11 is 0. The van der Waals surface area contributed by atoms with E-state index in [1.54, 1.807) is 0 Å². The maximum Gasteiger partial charge on any atom is 0.461 e. The van der Waals surface area contributed by atoms with Crippen molar-refractivity contribution in [2.45, 2.75) is 160 Å². The zero-order chi connectivity index (χ0) is 21.5. The molecule has 30 heavy (non-hydrogen) atoms. The van der Waals surface area contributed by atoms with Crippen LogP contribution in [-0.4, -0.2) is 18.3 Å². The SMILES string of the molecule is CC1(C)OB(C2CCCCC3CCCCCCCCCCCCC3CC2)OC1(C)C. The van der Waals surface area contributed by atoms with Gasteiger partial charge >= 0.3 is 7.12 Å². The largest absolute Gasteiger partial charge is 0.461 e. The second-order valence-electron chi connectivity index (χ2n) is 11.9. The first kappa shape index (κ1) is 24.6. The van der Waals surface area contributed by atoms with Crippen LogP contribution < -0.4 is 0 Å². The minimum atomic E-state index is -0.191. The Bertz CT molecular complexity index is 473. The zero-order valence-electron chi connectivity index (χ0n) is 20.9. The van der Waals surface area contributed by atoms with Gasteiger partial charge in [0, 0.05) is 0 Å². The lowest BCUT2D eigenvalue weighted by atomic mass is 9.66. The molecule has 3 heteroatoms. The standard InChI is InChI=1S/C27H51BO2/c1-26(2)27(3,4)30-28(29-26)25-20-16-15-19-23-17-13-11-9-7-5-6-8-10-12-14-18-24(23)21-22-25/h23-25H,5-22H2,1-4H3. The van der Waals surface area contributed by atoms with Crippen LogP contribution in [-0.2, 0) is 9.31 Å². The molecule has 0 amide bonds. The Kier molecular flexibility index (Phi) is 9.63. The van der Waals surface area contributed by atoms with Crippen LogP contribution in [0.3, 0.4) is 0 Å². The van der Waals surface area contributed by atoms with Gasteiger partial charge in [-0.05, 0) is 45.3 Å². The van der Waals surface area contributed by atoms with Crippen molar-refractivity contribution in [2.24, 2.45) is 11.8 Å². The van der Waals surface area contributed by atoms with Gasteiger partial charge in [-0.3, -0.25) is 0 Å². The highest BCUT2D eigenvalue weighted by Gasteiger charge is 2.53. The quantitative estimate of drug-likeness (QED) is 0.396. The van der Waals surface area contributed by atoms with Gasteiger partial charge in [-0.2, -0.15) is 0 Å². The molecule has 0 spiro atoms. The van der Waals surface area contributed by atoms with Crippen LogP contribution in [0.15, 0.2) is 0 Å². The molecular weight excluding hydrogens is 367 g/mol. The highest BCUT2D eigenvalue weighted by molar-refractivity contribution is 6.47. The van der Waals surface area contributed by atoms with E-state index in [9.17, 15) is 0 Å². The summed E-state index contributed by atoms with van der Waals surface area (Å²) < 4.78 is 13.0. The van der Waals surface area contributed by atoms with Crippen molar-refractivity contribution >= 4 is 7.12 Å². The number of fused-ring (bicyclic) bond motifs is 1. The summed E-state index contributed by atoms with van der Waals surface area (Å²) in [5, 5.41) is 0. The van der Waals surface area contributed by atoms with Crippen LogP contribution in [0.5, 0.6) is 0 Å². The molecule has 2 saturated carbocycles. The molecule has 3 unspecified atom stereocenters. The van der Waals surface area contributed by atoms with Gasteiger partial charge in [-0.15, -0.1) is 0 Å². The molecule has 3 aliphatic rings. The second kappa shape index (κ2) is 11.7. The van der Waals surface area contributed by atoms with E-state index < -0.39 is 0 Å². The number of hydrogen-bond acceptors (Lipinski definition) is 2. The predicted octanol–water partition coefficient (Wildman–Crippen LogP) is 8.73. The van der Waals surface area contributed by atoms with Gasteiger partial charge in [0.1, 0.15) is 0 Å². The molecule has 2 nitrogen and oxygen atoms in total. The van der Waals surface area contributed by atoms with Crippen LogP contribution in [0.25, 0.3) is 0 Å². The van der Waals surface area contributed by atoms with E-state index >= 15 is 0 Å². The van der Waals surface area contributed by atoms with Crippen molar-refractivity contribution < 1.29 is 9.31 Å². The van der Waals surface area contributed by atoms with Gasteiger partial charge in [0.15, 0.2) is 0 Å². The molecule has 0 aromatic rings. The van der Waals surface area contributed by atoms with Crippen molar-refractivity contribution in [1.29, 1.82) is 0 Å². The molecule has 0 bridgehead atoms. The van der Waals surface area contributed by atoms with Crippen LogP contribution >= 0.6 is 0 Å². The monoisotopic (exact) mass is 418 g/mol. The van der Waals surface area contributed by atoms with Gasteiger partial charge < -0.3 is 9.31 Å². The minimum absolute atomic E-state index is 0.00468. The minimum Gasteiger partial charge on any atom is -0.403 e. The number of hydrogen-bond donors (Lipinski definition) is 0. The average Bonchev–Trinajstić information content (AvgIpc) is 2.96. The first-order chi connectivity index (χ1) is 14.4. The first-order valence-electron chi connectivity index (χ1n) is 13.7. The maximum atomic E-state index is 6.49. The van der Waals surface area contributed by atoms with E-state index in [0.717, 1.165) is 11.8 Å². The molecule has 2 aliphatic carbocycles. The van der Waals surface area contributed by atoms with Crippen LogP contribution in [0.1, 0.15) is 143 Å². The fraction of sp³-hybridized carbons (Fsp3) is 1.00. The molecule has 174 valence electrons. The third-order valence-electron chi connectivity index (χ3n) is 9.03. The molecule has 3 fully saturated rings. The molecule has 1 heterocycles. The van der Waals surface area contributed by atoms with Crippen molar-refractivity contribution in [3.63, 3.8) is 0 Å². The maximum absolute atomic E-state index is 6.49. The van der Waals surface area contributed by atoms with Gasteiger partial charge in [0.05, 0.1) is 11.2 Å². The molecular formula is C27H51BO2. The normalized spacial score (nSPS) is 34.8. The zero-order valence-corrected chi connectivity index (χ0v) is 20.9. The Balaban J connectivity index is 1.60. The molecule has 0 radical (unpaired) electrons. The fourth-order valence-electron chi connectivity index (χ4n) is 6.20. The third kappa shape index (κ3) is 6.99. The van der Waals surface area contributed by atoms with Crippen LogP contribution in [0.2, 0.25) is 5.82 Å². The summed E-state index contributed by atoms with van der Waals surface area (Å²) in [6, 6.07) is 0. The lowest BCUT2D eigenvalue weighted by Gasteiger charge is -2.32. The summed E-state index contributed by atoms with van der Waals surface area (Å²) in [6.45, 7) is 8.82. The lowest BCUT2D eigenvalue weighted by Crippen LogP contribution is -2.41. The van der Waals surface area contributed by atoms with E-state index in [-0.39, 0.29) is 18.3 Å². The summed E-state index contributed by atoms with van der Waals surface area (Å²) in [6.07, 6.45) is 25.9. The van der Waals surface area contributed by atoms with E-state index in [0.29, 0.717) is 5.82 Å². The fourth-order valence-corrected chi connectivity index (χ4v) is 6.20. The van der Waals surface area contributed by atoms with Crippen LogP contribution in [0.4, 0.5) is 0 Å². The van der Waals surface area contributed by atoms with Crippen molar-refractivity contribution in [1.82, 2.24) is 0 Å². The van der Waals surface area contributed by atoms with Gasteiger partial charge in [0.2, 0.25) is 0 Å². The summed E-state index contributed by atoms with van der Waals surface area (Å²) in [4.78, 5) is 0. The van der Waals surface area contributed by atoms with Gasteiger partial charge in [-0.25, -0.2) is 0 Å². The molecule has 0 N–H and O–H groups in total. The first-order valence-corrected chi connectivity index (χ1v) is 13.7. The lowest BCUT2D eigenvalue weighted by molar-refractivity contribution is 0.00578. The van der Waals surface area contributed by atoms with Gasteiger partial charge in [-0.1, -0.05) is 116 Å². The molecule has 0 aromatic heterocycles. The highest BCUT2D eigenvalue weighted by Crippen LogP contribution is 2.45. The third-order valence-corrected chi connectivity index (χ3v) is 9.03. The van der Waals surface area contributed by atoms with Crippen LogP contribution in [0, 0.1) is 11.8 Å². The topological polar surface area (TPSA) is 18.5 Å². The van der Waals surface area contributed by atoms with Crippen molar-refractivity contribution in [2.75, 3.05) is 0 Å². The molecule has 3 rings (SSSR count). The summed E-state index contributed by atoms with van der Waals surface area (Å²) in [5.74, 6) is 2.50. The Hall–Kier alpha value is -0.0151. The van der Waals surface area contributed by atoms with E-state index in [2.05, 4.69) is 27.7 Å². The highest BCUT2D eigenvalue weighted by atomic mass is 16.7. The Morgan fingerprint density at radius 1 is 0.467 bits per heavy atom. The van der Waals surface area contributed by atoms with Crippen molar-refractivity contribution in [3.05, 3.63) is 0 Å². The Morgan fingerprint density at radius 3 is 1.33 bits per heavy atom. The van der Waals surface area contributed by atoms with Gasteiger partial charge in [0.25, 0.3) is 0 Å². The predicted molar refractivity (Wildman–Crippen MR) is 130 cm³/mol. The molecule has 0 aromatic carbocycles. The number of rotatable bonds is 1. The molecule has 1 saturated heterocycles. The molecule has 3 atom stereocenters. The average molecular weight is 419 g/mol.